The summed E-state index contributed by atoms with van der Waals surface area (Å²) in [6.07, 6.45) is 1.57. The predicted octanol–water partition coefficient (Wildman–Crippen LogP) is 1.90. The number of hydrogen-bond acceptors (Lipinski definition) is 4. The summed E-state index contributed by atoms with van der Waals surface area (Å²) < 4.78 is 1.18. The fourth-order valence-electron chi connectivity index (χ4n) is 1.17. The number of aromatic nitrogens is 1. The smallest absolute Gasteiger partial charge is 0.137 e. The molecule has 0 atom stereocenters. The number of rotatable bonds is 1. The second kappa shape index (κ2) is 3.14. The lowest BCUT2D eigenvalue weighted by Crippen LogP contribution is -1.83. The lowest BCUT2D eigenvalue weighted by molar-refractivity contribution is 1.26. The minimum absolute atomic E-state index is 0.850. The Labute approximate surface area is 79.9 Å². The molecule has 0 unspecified atom stereocenters. The monoisotopic (exact) mass is 191 g/mol. The molecule has 2 aromatic rings. The molecule has 2 rings (SSSR count). The maximum atomic E-state index is 5.05. The molecule has 0 amide bonds. The molecule has 1 heterocycles. The zero-order valence-corrected chi connectivity index (χ0v) is 8.01. The van der Waals surface area contributed by atoms with Gasteiger partial charge in [-0.15, -0.1) is 11.3 Å². The maximum absolute atomic E-state index is 5.05. The van der Waals surface area contributed by atoms with Gasteiger partial charge in [-0.25, -0.2) is 4.98 Å². The van der Waals surface area contributed by atoms with Crippen LogP contribution in [0.15, 0.2) is 23.3 Å². The molecule has 0 saturated heterocycles. The van der Waals surface area contributed by atoms with E-state index in [1.807, 2.05) is 12.1 Å². The summed E-state index contributed by atoms with van der Waals surface area (Å²) >= 11 is 1.60. The van der Waals surface area contributed by atoms with Crippen LogP contribution in [0.1, 0.15) is 10.6 Å². The Balaban J connectivity index is 2.62. The summed E-state index contributed by atoms with van der Waals surface area (Å²) in [6.45, 7) is 2.07. The Morgan fingerprint density at radius 2 is 2.38 bits per heavy atom. The van der Waals surface area contributed by atoms with Crippen LogP contribution in [0.2, 0.25) is 0 Å². The summed E-state index contributed by atoms with van der Waals surface area (Å²) in [6, 6.07) is 6.17. The first-order chi connectivity index (χ1) is 6.29. The molecule has 1 aromatic carbocycles. The van der Waals surface area contributed by atoms with Gasteiger partial charge in [-0.1, -0.05) is 6.07 Å². The molecule has 0 aliphatic heterocycles. The average Bonchev–Trinajstić information content (AvgIpc) is 2.46. The van der Waals surface area contributed by atoms with Gasteiger partial charge in [-0.05, 0) is 24.6 Å². The largest absolute Gasteiger partial charge is 0.323 e. The predicted molar refractivity (Wildman–Crippen MR) is 56.1 cm³/mol. The number of benzene rings is 1. The summed E-state index contributed by atoms with van der Waals surface area (Å²) in [5, 5.41) is 4.30. The van der Waals surface area contributed by atoms with Crippen molar-refractivity contribution >= 4 is 27.8 Å². The van der Waals surface area contributed by atoms with Gasteiger partial charge in [0, 0.05) is 0 Å². The minimum atomic E-state index is 0.850. The van der Waals surface area contributed by atoms with E-state index in [9.17, 15) is 0 Å². The van der Waals surface area contributed by atoms with E-state index in [2.05, 4.69) is 23.1 Å². The summed E-state index contributed by atoms with van der Waals surface area (Å²) in [4.78, 5) is 4.33. The van der Waals surface area contributed by atoms with Crippen molar-refractivity contribution in [3.8, 4) is 0 Å². The van der Waals surface area contributed by atoms with Gasteiger partial charge < -0.3 is 5.84 Å². The van der Waals surface area contributed by atoms with Crippen molar-refractivity contribution in [2.24, 2.45) is 10.9 Å². The Bertz CT molecular complexity index is 459. The molecule has 13 heavy (non-hydrogen) atoms. The van der Waals surface area contributed by atoms with Crippen LogP contribution < -0.4 is 5.84 Å². The van der Waals surface area contributed by atoms with Crippen molar-refractivity contribution in [2.45, 2.75) is 6.92 Å². The second-order valence-corrected chi connectivity index (χ2v) is 3.86. The highest BCUT2D eigenvalue weighted by molar-refractivity contribution is 7.20. The fraction of sp³-hybridized carbons (Fsp3) is 0.111. The van der Waals surface area contributed by atoms with Gasteiger partial charge >= 0.3 is 0 Å². The van der Waals surface area contributed by atoms with Gasteiger partial charge in [0.1, 0.15) is 5.01 Å². The normalized spacial score (nSPS) is 11.5. The number of hydrazone groups is 1. The van der Waals surface area contributed by atoms with Crippen LogP contribution in [0.4, 0.5) is 0 Å². The standard InChI is InChI=1S/C9H9N3S/c1-6-2-3-7-8(4-6)13-9(12-7)5-11-10/h2-5H,10H2,1H3. The van der Waals surface area contributed by atoms with Crippen molar-refractivity contribution in [3.05, 3.63) is 28.8 Å². The number of thiazole rings is 1. The van der Waals surface area contributed by atoms with Crippen LogP contribution in [-0.4, -0.2) is 11.2 Å². The third-order valence-corrected chi connectivity index (χ3v) is 2.70. The molecule has 1 aromatic heterocycles. The third kappa shape index (κ3) is 1.53. The topological polar surface area (TPSA) is 51.3 Å². The molecule has 0 aliphatic carbocycles. The Morgan fingerprint density at radius 1 is 1.54 bits per heavy atom. The first kappa shape index (κ1) is 8.19. The fourth-order valence-corrected chi connectivity index (χ4v) is 2.11. The van der Waals surface area contributed by atoms with Crippen molar-refractivity contribution in [3.63, 3.8) is 0 Å². The van der Waals surface area contributed by atoms with E-state index in [0.29, 0.717) is 0 Å². The van der Waals surface area contributed by atoms with Gasteiger partial charge in [-0.3, -0.25) is 0 Å². The van der Waals surface area contributed by atoms with Gasteiger partial charge in [0.05, 0.1) is 16.4 Å². The van der Waals surface area contributed by atoms with Crippen LogP contribution >= 0.6 is 11.3 Å². The van der Waals surface area contributed by atoms with Crippen molar-refractivity contribution < 1.29 is 0 Å². The Hall–Kier alpha value is -1.42. The molecular weight excluding hydrogens is 182 g/mol. The molecule has 0 aliphatic rings. The molecule has 0 spiro atoms. The van der Waals surface area contributed by atoms with Crippen LogP contribution in [0.25, 0.3) is 10.2 Å². The summed E-state index contributed by atoms with van der Waals surface area (Å²) in [7, 11) is 0. The van der Waals surface area contributed by atoms with Crippen LogP contribution in [0.3, 0.4) is 0 Å². The minimum Gasteiger partial charge on any atom is -0.323 e. The van der Waals surface area contributed by atoms with Crippen molar-refractivity contribution in [2.75, 3.05) is 0 Å². The molecule has 0 fully saturated rings. The first-order valence-electron chi connectivity index (χ1n) is 3.90. The number of aryl methyl sites for hydroxylation is 1. The van der Waals surface area contributed by atoms with E-state index in [1.54, 1.807) is 17.6 Å². The number of nitrogens with two attached hydrogens (primary N) is 1. The maximum Gasteiger partial charge on any atom is 0.137 e. The lowest BCUT2D eigenvalue weighted by atomic mass is 10.2. The highest BCUT2D eigenvalue weighted by Crippen LogP contribution is 2.21. The molecule has 0 saturated carbocycles. The quantitative estimate of drug-likeness (QED) is 0.425. The number of fused-ring (bicyclic) bond motifs is 1. The highest BCUT2D eigenvalue weighted by Gasteiger charge is 2.00. The van der Waals surface area contributed by atoms with E-state index in [4.69, 9.17) is 5.84 Å². The van der Waals surface area contributed by atoms with Crippen molar-refractivity contribution in [1.29, 1.82) is 0 Å². The number of hydrogen-bond donors (Lipinski definition) is 1. The third-order valence-electron chi connectivity index (χ3n) is 1.75. The molecule has 3 nitrogen and oxygen atoms in total. The van der Waals surface area contributed by atoms with E-state index in [-0.39, 0.29) is 0 Å². The van der Waals surface area contributed by atoms with Crippen LogP contribution in [0.5, 0.6) is 0 Å². The van der Waals surface area contributed by atoms with Gasteiger partial charge in [0.25, 0.3) is 0 Å². The zero-order valence-electron chi connectivity index (χ0n) is 7.19. The molecule has 0 bridgehead atoms. The molecule has 4 heteroatoms. The summed E-state index contributed by atoms with van der Waals surface area (Å²) in [5.74, 6) is 5.05. The van der Waals surface area contributed by atoms with E-state index < -0.39 is 0 Å². The highest BCUT2D eigenvalue weighted by atomic mass is 32.1. The van der Waals surface area contributed by atoms with E-state index in [0.717, 1.165) is 10.5 Å². The second-order valence-electron chi connectivity index (χ2n) is 2.80. The van der Waals surface area contributed by atoms with Crippen molar-refractivity contribution in [1.82, 2.24) is 4.98 Å². The first-order valence-corrected chi connectivity index (χ1v) is 4.72. The van der Waals surface area contributed by atoms with Crippen LogP contribution in [0, 0.1) is 6.92 Å². The Kier molecular flexibility index (Phi) is 1.98. The molecule has 66 valence electrons. The van der Waals surface area contributed by atoms with Gasteiger partial charge in [0.2, 0.25) is 0 Å². The van der Waals surface area contributed by atoms with Gasteiger partial charge in [0.15, 0.2) is 0 Å². The van der Waals surface area contributed by atoms with E-state index >= 15 is 0 Å². The number of nitrogens with zero attached hydrogens (tertiary/aromatic N) is 2. The summed E-state index contributed by atoms with van der Waals surface area (Å²) in [5.41, 5.74) is 2.25. The average molecular weight is 191 g/mol. The Morgan fingerprint density at radius 3 is 3.15 bits per heavy atom. The molecular formula is C9H9N3S. The SMILES string of the molecule is Cc1ccc2nc(C=NN)sc2c1. The molecule has 0 radical (unpaired) electrons. The lowest BCUT2D eigenvalue weighted by Gasteiger charge is -1.88. The molecule has 2 N–H and O–H groups in total. The zero-order chi connectivity index (χ0) is 9.26. The van der Waals surface area contributed by atoms with Crippen LogP contribution in [-0.2, 0) is 0 Å². The van der Waals surface area contributed by atoms with E-state index in [1.165, 1.54) is 10.3 Å². The van der Waals surface area contributed by atoms with Gasteiger partial charge in [-0.2, -0.15) is 5.10 Å².